The van der Waals surface area contributed by atoms with Crippen LogP contribution in [0.15, 0.2) is 53.3 Å². The van der Waals surface area contributed by atoms with Gasteiger partial charge in [-0.15, -0.1) is 0 Å². The lowest BCUT2D eigenvalue weighted by Crippen LogP contribution is -2.38. The number of carbonyl (C=O) groups is 1. The number of hydrogen-bond donors (Lipinski definition) is 0. The second-order valence-electron chi connectivity index (χ2n) is 8.19. The van der Waals surface area contributed by atoms with E-state index in [1.54, 1.807) is 17.7 Å². The van der Waals surface area contributed by atoms with Gasteiger partial charge in [-0.3, -0.25) is 14.2 Å². The zero-order valence-corrected chi connectivity index (χ0v) is 19.0. The molecule has 0 spiro atoms. The first-order chi connectivity index (χ1) is 14.9. The van der Waals surface area contributed by atoms with E-state index in [0.717, 1.165) is 6.42 Å². The van der Waals surface area contributed by atoms with Crippen LogP contribution in [0.4, 0.5) is 0 Å². The van der Waals surface area contributed by atoms with Gasteiger partial charge in [-0.05, 0) is 55.7 Å². The second kappa shape index (κ2) is 9.77. The predicted octanol–water partition coefficient (Wildman–Crippen LogP) is 4.74. The van der Waals surface area contributed by atoms with Crippen molar-refractivity contribution in [3.8, 4) is 11.4 Å². The Kier molecular flexibility index (Phi) is 7.10. The van der Waals surface area contributed by atoms with Crippen molar-refractivity contribution in [2.24, 2.45) is 5.92 Å². The number of nitrogens with zero attached hydrogens (tertiary/aromatic N) is 3. The summed E-state index contributed by atoms with van der Waals surface area (Å²) in [5.74, 6) is 1.60. The first kappa shape index (κ1) is 22.5. The predicted molar refractivity (Wildman–Crippen MR) is 124 cm³/mol. The molecule has 0 aliphatic carbocycles. The van der Waals surface area contributed by atoms with Crippen LogP contribution in [0.25, 0.3) is 16.6 Å². The van der Waals surface area contributed by atoms with Gasteiger partial charge in [-0.2, -0.15) is 0 Å². The summed E-state index contributed by atoms with van der Waals surface area (Å²) in [4.78, 5) is 33.3. The number of benzene rings is 2. The minimum atomic E-state index is -0.356. The van der Waals surface area contributed by atoms with Gasteiger partial charge < -0.3 is 9.64 Å². The first-order valence-corrected chi connectivity index (χ1v) is 10.8. The third-order valence-electron chi connectivity index (χ3n) is 5.34. The van der Waals surface area contributed by atoms with Crippen molar-refractivity contribution in [1.82, 2.24) is 14.5 Å². The van der Waals surface area contributed by atoms with Crippen LogP contribution in [0, 0.1) is 5.92 Å². The van der Waals surface area contributed by atoms with Gasteiger partial charge in [-0.1, -0.05) is 32.9 Å². The molecule has 0 fully saturated rings. The summed E-state index contributed by atoms with van der Waals surface area (Å²) < 4.78 is 6.89. The highest BCUT2D eigenvalue weighted by Crippen LogP contribution is 2.25. The highest BCUT2D eigenvalue weighted by Gasteiger charge is 2.26. The molecule has 0 saturated carbocycles. The SMILES string of the molecule is CCCN(C(=O)CC(C)C)C(C)c1nc2ccccc2c(=O)n1-c1ccc(OC)cc1. The molecule has 1 unspecified atom stereocenters. The summed E-state index contributed by atoms with van der Waals surface area (Å²) in [6.45, 7) is 8.68. The van der Waals surface area contributed by atoms with Crippen molar-refractivity contribution in [1.29, 1.82) is 0 Å². The zero-order valence-electron chi connectivity index (χ0n) is 19.0. The first-order valence-electron chi connectivity index (χ1n) is 10.8. The minimum absolute atomic E-state index is 0.0769. The third kappa shape index (κ3) is 4.79. The fourth-order valence-electron chi connectivity index (χ4n) is 3.79. The maximum Gasteiger partial charge on any atom is 0.266 e. The smallest absolute Gasteiger partial charge is 0.266 e. The normalized spacial score (nSPS) is 12.2. The van der Waals surface area contributed by atoms with Gasteiger partial charge >= 0.3 is 0 Å². The Balaban J connectivity index is 2.21. The van der Waals surface area contributed by atoms with E-state index in [9.17, 15) is 9.59 Å². The number of hydrogen-bond acceptors (Lipinski definition) is 4. The molecule has 1 atom stereocenters. The van der Waals surface area contributed by atoms with E-state index in [2.05, 4.69) is 0 Å². The molecule has 0 bridgehead atoms. The molecule has 3 aromatic rings. The molecule has 6 nitrogen and oxygen atoms in total. The molecule has 3 rings (SSSR count). The quantitative estimate of drug-likeness (QED) is 0.527. The maximum atomic E-state index is 13.5. The standard InChI is InChI=1S/C25H31N3O3/c1-6-15-27(23(29)16-17(2)3)18(4)24-26-22-10-8-7-9-21(22)25(30)28(24)19-11-13-20(31-5)14-12-19/h7-14,17-18H,6,15-16H2,1-5H3. The zero-order chi connectivity index (χ0) is 22.5. The van der Waals surface area contributed by atoms with Crippen LogP contribution in [0.3, 0.4) is 0 Å². The summed E-state index contributed by atoms with van der Waals surface area (Å²) in [6, 6.07) is 14.3. The van der Waals surface area contributed by atoms with E-state index >= 15 is 0 Å². The van der Waals surface area contributed by atoms with Crippen molar-refractivity contribution in [3.63, 3.8) is 0 Å². The molecule has 0 N–H and O–H groups in total. The number of para-hydroxylation sites is 1. The second-order valence-corrected chi connectivity index (χ2v) is 8.19. The number of carbonyl (C=O) groups excluding carboxylic acids is 1. The summed E-state index contributed by atoms with van der Waals surface area (Å²) in [5.41, 5.74) is 1.18. The topological polar surface area (TPSA) is 64.4 Å². The van der Waals surface area contributed by atoms with Crippen molar-refractivity contribution in [3.05, 3.63) is 64.7 Å². The van der Waals surface area contributed by atoms with Gasteiger partial charge in [0.1, 0.15) is 11.6 Å². The molecular formula is C25H31N3O3. The van der Waals surface area contributed by atoms with E-state index < -0.39 is 0 Å². The summed E-state index contributed by atoms with van der Waals surface area (Å²) in [7, 11) is 1.61. The van der Waals surface area contributed by atoms with Gasteiger partial charge in [0.05, 0.1) is 29.7 Å². The van der Waals surface area contributed by atoms with Crippen LogP contribution >= 0.6 is 0 Å². The molecule has 2 aromatic carbocycles. The molecule has 0 radical (unpaired) electrons. The van der Waals surface area contributed by atoms with Crippen LogP contribution in [-0.2, 0) is 4.79 Å². The van der Waals surface area contributed by atoms with Crippen LogP contribution in [0.1, 0.15) is 52.4 Å². The Bertz CT molecular complexity index is 1100. The van der Waals surface area contributed by atoms with Crippen molar-refractivity contribution in [2.45, 2.75) is 46.6 Å². The summed E-state index contributed by atoms with van der Waals surface area (Å²) in [6.07, 6.45) is 1.29. The van der Waals surface area contributed by atoms with Gasteiger partial charge in [0.15, 0.2) is 0 Å². The molecule has 31 heavy (non-hydrogen) atoms. The molecular weight excluding hydrogens is 390 g/mol. The molecule has 0 aliphatic rings. The van der Waals surface area contributed by atoms with Gasteiger partial charge in [-0.25, -0.2) is 4.98 Å². The summed E-state index contributed by atoms with van der Waals surface area (Å²) in [5, 5.41) is 0.546. The van der Waals surface area contributed by atoms with Crippen molar-refractivity contribution < 1.29 is 9.53 Å². The number of amides is 1. The molecule has 6 heteroatoms. The average Bonchev–Trinajstić information content (AvgIpc) is 2.76. The van der Waals surface area contributed by atoms with E-state index in [1.165, 1.54) is 0 Å². The van der Waals surface area contributed by atoms with Crippen LogP contribution < -0.4 is 10.3 Å². The monoisotopic (exact) mass is 421 g/mol. The third-order valence-corrected chi connectivity index (χ3v) is 5.34. The number of aromatic nitrogens is 2. The Hall–Kier alpha value is -3.15. The highest BCUT2D eigenvalue weighted by molar-refractivity contribution is 5.79. The summed E-state index contributed by atoms with van der Waals surface area (Å²) >= 11 is 0. The van der Waals surface area contributed by atoms with Crippen molar-refractivity contribution >= 4 is 16.8 Å². The van der Waals surface area contributed by atoms with E-state index in [0.29, 0.717) is 41.1 Å². The number of fused-ring (bicyclic) bond motifs is 1. The highest BCUT2D eigenvalue weighted by atomic mass is 16.5. The Morgan fingerprint density at radius 3 is 2.39 bits per heavy atom. The number of rotatable bonds is 8. The van der Waals surface area contributed by atoms with Crippen LogP contribution in [0.2, 0.25) is 0 Å². The molecule has 0 saturated heterocycles. The largest absolute Gasteiger partial charge is 0.497 e. The molecule has 164 valence electrons. The average molecular weight is 422 g/mol. The molecule has 1 aromatic heterocycles. The fraction of sp³-hybridized carbons (Fsp3) is 0.400. The van der Waals surface area contributed by atoms with Crippen LogP contribution in [0.5, 0.6) is 5.75 Å². The van der Waals surface area contributed by atoms with E-state index in [4.69, 9.17) is 9.72 Å². The Labute approximate surface area is 183 Å². The molecule has 1 amide bonds. The van der Waals surface area contributed by atoms with E-state index in [1.807, 2.05) is 75.1 Å². The minimum Gasteiger partial charge on any atom is -0.497 e. The lowest BCUT2D eigenvalue weighted by atomic mass is 10.1. The lowest BCUT2D eigenvalue weighted by Gasteiger charge is -2.31. The number of ether oxygens (including phenoxy) is 1. The Morgan fingerprint density at radius 2 is 1.77 bits per heavy atom. The number of methoxy groups -OCH3 is 1. The fourth-order valence-corrected chi connectivity index (χ4v) is 3.79. The van der Waals surface area contributed by atoms with Crippen molar-refractivity contribution in [2.75, 3.05) is 13.7 Å². The van der Waals surface area contributed by atoms with Gasteiger partial charge in [0.2, 0.25) is 5.91 Å². The van der Waals surface area contributed by atoms with Crippen LogP contribution in [-0.4, -0.2) is 34.0 Å². The van der Waals surface area contributed by atoms with Gasteiger partial charge in [0.25, 0.3) is 5.56 Å². The Morgan fingerprint density at radius 1 is 1.10 bits per heavy atom. The lowest BCUT2D eigenvalue weighted by molar-refractivity contribution is -0.134. The maximum absolute atomic E-state index is 13.5. The molecule has 1 heterocycles. The molecule has 0 aliphatic heterocycles. The van der Waals surface area contributed by atoms with Gasteiger partial charge in [0, 0.05) is 13.0 Å². The van der Waals surface area contributed by atoms with E-state index in [-0.39, 0.29) is 23.4 Å².